The monoisotopic (exact) mass is 380 g/mol. The lowest BCUT2D eigenvalue weighted by Gasteiger charge is -2.34. The van der Waals surface area contributed by atoms with E-state index in [0.29, 0.717) is 25.4 Å². The third-order valence-electron chi connectivity index (χ3n) is 4.71. The van der Waals surface area contributed by atoms with Crippen molar-refractivity contribution in [2.75, 3.05) is 39.8 Å². The number of hydrogen-bond acceptors (Lipinski definition) is 5. The molecule has 1 saturated heterocycles. The fourth-order valence-corrected chi connectivity index (χ4v) is 2.95. The van der Waals surface area contributed by atoms with Crippen LogP contribution in [0.3, 0.4) is 0 Å². The predicted octanol–water partition coefficient (Wildman–Crippen LogP) is 1.58. The molecular weight excluding hydrogens is 351 g/mol. The van der Waals surface area contributed by atoms with Crippen molar-refractivity contribution < 1.29 is 18.7 Å². The lowest BCUT2D eigenvalue weighted by molar-refractivity contribution is -0.121. The summed E-state index contributed by atoms with van der Waals surface area (Å²) in [6, 6.07) is 4.09. The summed E-state index contributed by atoms with van der Waals surface area (Å²) >= 11 is 0. The molecule has 0 unspecified atom stereocenters. The minimum Gasteiger partial charge on any atom is -0.496 e. The summed E-state index contributed by atoms with van der Waals surface area (Å²) in [4.78, 5) is 27.9. The molecule has 1 aromatic rings. The van der Waals surface area contributed by atoms with Crippen molar-refractivity contribution in [3.05, 3.63) is 29.6 Å². The number of hydrogen-bond donors (Lipinski definition) is 2. The van der Waals surface area contributed by atoms with E-state index in [9.17, 15) is 14.0 Å². The van der Waals surface area contributed by atoms with E-state index in [1.807, 2.05) is 18.7 Å². The second-order valence-corrected chi connectivity index (χ2v) is 6.84. The summed E-state index contributed by atoms with van der Waals surface area (Å²) in [7, 11) is 1.57. The van der Waals surface area contributed by atoms with E-state index in [1.54, 1.807) is 13.2 Å². The van der Waals surface area contributed by atoms with Gasteiger partial charge in [-0.3, -0.25) is 19.9 Å². The summed E-state index contributed by atoms with van der Waals surface area (Å²) in [5.41, 5.74) is 0.811. The maximum absolute atomic E-state index is 13.5. The molecule has 3 amide bonds. The summed E-state index contributed by atoms with van der Waals surface area (Å²) in [5.74, 6) is 0.0818. The summed E-state index contributed by atoms with van der Waals surface area (Å²) in [6.45, 7) is 7.56. The number of nitrogens with zero attached hydrogens (tertiary/aromatic N) is 2. The van der Waals surface area contributed by atoms with Gasteiger partial charge in [0.1, 0.15) is 11.6 Å². The number of rotatable bonds is 7. The second-order valence-electron chi connectivity index (χ2n) is 6.84. The molecule has 2 rings (SSSR count). The van der Waals surface area contributed by atoms with Crippen molar-refractivity contribution in [1.29, 1.82) is 0 Å². The first kappa shape index (κ1) is 21.1. The van der Waals surface area contributed by atoms with Gasteiger partial charge in [-0.25, -0.2) is 9.18 Å². The van der Waals surface area contributed by atoms with Crippen LogP contribution in [0.4, 0.5) is 9.18 Å². The first-order valence-corrected chi connectivity index (χ1v) is 9.28. The van der Waals surface area contributed by atoms with Crippen molar-refractivity contribution in [3.8, 4) is 5.75 Å². The quantitative estimate of drug-likeness (QED) is 0.751. The highest BCUT2D eigenvalue weighted by Crippen LogP contribution is 2.21. The van der Waals surface area contributed by atoms with Crippen LogP contribution in [0.1, 0.15) is 25.8 Å². The van der Waals surface area contributed by atoms with Gasteiger partial charge in [0.25, 0.3) is 0 Å². The normalized spacial score (nSPS) is 16.6. The molecule has 1 atom stereocenters. The number of ether oxygens (including phenoxy) is 1. The van der Waals surface area contributed by atoms with Crippen molar-refractivity contribution >= 4 is 11.9 Å². The zero-order valence-corrected chi connectivity index (χ0v) is 16.3. The third-order valence-corrected chi connectivity index (χ3v) is 4.71. The van der Waals surface area contributed by atoms with E-state index >= 15 is 0 Å². The molecule has 0 aliphatic carbocycles. The van der Waals surface area contributed by atoms with E-state index < -0.39 is 6.03 Å². The Morgan fingerprint density at radius 3 is 2.52 bits per heavy atom. The Bertz CT molecular complexity index is 648. The van der Waals surface area contributed by atoms with E-state index in [0.717, 1.165) is 25.1 Å². The maximum Gasteiger partial charge on any atom is 0.321 e. The fourth-order valence-electron chi connectivity index (χ4n) is 2.95. The molecule has 1 aromatic carbocycles. The van der Waals surface area contributed by atoms with Crippen molar-refractivity contribution in [3.63, 3.8) is 0 Å². The molecule has 1 fully saturated rings. The van der Waals surface area contributed by atoms with Crippen LogP contribution in [-0.4, -0.2) is 67.6 Å². The van der Waals surface area contributed by atoms with Gasteiger partial charge in [0.2, 0.25) is 5.91 Å². The number of carbonyl (C=O) groups is 2. The Balaban J connectivity index is 1.76. The number of nitrogens with one attached hydrogen (secondary N) is 2. The van der Waals surface area contributed by atoms with Gasteiger partial charge in [0.05, 0.1) is 13.7 Å². The van der Waals surface area contributed by atoms with Gasteiger partial charge in [-0.2, -0.15) is 0 Å². The molecule has 7 nitrogen and oxygen atoms in total. The van der Waals surface area contributed by atoms with Gasteiger partial charge < -0.3 is 10.1 Å². The molecule has 0 bridgehead atoms. The molecule has 2 N–H and O–H groups in total. The van der Waals surface area contributed by atoms with Crippen LogP contribution >= 0.6 is 0 Å². The standard InChI is InChI=1S/C19H29FN4O3/c1-4-14(2)21-19(26)22-18(25)13-24-9-7-23(8-10-24)12-15-11-16(20)5-6-17(15)27-3/h5-6,11,14H,4,7-10,12-13H2,1-3H3,(H2,21,22,25,26)/t14-/m1/s1. The van der Waals surface area contributed by atoms with Gasteiger partial charge in [0.15, 0.2) is 0 Å². The zero-order valence-electron chi connectivity index (χ0n) is 16.3. The molecule has 1 aliphatic heterocycles. The molecule has 0 radical (unpaired) electrons. The first-order chi connectivity index (χ1) is 12.9. The maximum atomic E-state index is 13.5. The second kappa shape index (κ2) is 10.2. The largest absolute Gasteiger partial charge is 0.496 e. The lowest BCUT2D eigenvalue weighted by atomic mass is 10.1. The van der Waals surface area contributed by atoms with Gasteiger partial charge >= 0.3 is 6.03 Å². The van der Waals surface area contributed by atoms with Crippen LogP contribution in [0.2, 0.25) is 0 Å². The molecule has 1 heterocycles. The number of carbonyl (C=O) groups excluding carboxylic acids is 2. The number of methoxy groups -OCH3 is 1. The van der Waals surface area contributed by atoms with Crippen LogP contribution < -0.4 is 15.4 Å². The molecule has 0 aromatic heterocycles. The summed E-state index contributed by atoms with van der Waals surface area (Å²) < 4.78 is 18.8. The third kappa shape index (κ3) is 6.80. The number of amides is 3. The molecule has 150 valence electrons. The molecule has 1 aliphatic rings. The van der Waals surface area contributed by atoms with Gasteiger partial charge in [-0.05, 0) is 31.5 Å². The van der Waals surface area contributed by atoms with Gasteiger partial charge in [-0.15, -0.1) is 0 Å². The average molecular weight is 380 g/mol. The Hall–Kier alpha value is -2.19. The van der Waals surface area contributed by atoms with Gasteiger partial charge in [-0.1, -0.05) is 6.92 Å². The molecular formula is C19H29FN4O3. The number of halogens is 1. The van der Waals surface area contributed by atoms with Gasteiger partial charge in [0, 0.05) is 44.3 Å². The van der Waals surface area contributed by atoms with E-state index in [-0.39, 0.29) is 24.3 Å². The Morgan fingerprint density at radius 1 is 1.22 bits per heavy atom. The van der Waals surface area contributed by atoms with Crippen LogP contribution in [0.15, 0.2) is 18.2 Å². The van der Waals surface area contributed by atoms with Crippen molar-refractivity contribution in [2.45, 2.75) is 32.9 Å². The number of imide groups is 1. The number of urea groups is 1. The van der Waals surface area contributed by atoms with Crippen molar-refractivity contribution in [1.82, 2.24) is 20.4 Å². The summed E-state index contributed by atoms with van der Waals surface area (Å²) in [5, 5.41) is 5.07. The lowest BCUT2D eigenvalue weighted by Crippen LogP contribution is -2.51. The van der Waals surface area contributed by atoms with E-state index in [2.05, 4.69) is 15.5 Å². The summed E-state index contributed by atoms with van der Waals surface area (Å²) in [6.07, 6.45) is 0.805. The molecule has 0 spiro atoms. The highest BCUT2D eigenvalue weighted by atomic mass is 19.1. The van der Waals surface area contributed by atoms with Crippen LogP contribution in [-0.2, 0) is 11.3 Å². The minimum absolute atomic E-state index is 0.0289. The highest BCUT2D eigenvalue weighted by Gasteiger charge is 2.21. The Morgan fingerprint density at radius 2 is 1.89 bits per heavy atom. The average Bonchev–Trinajstić information content (AvgIpc) is 2.63. The van der Waals surface area contributed by atoms with Crippen molar-refractivity contribution in [2.24, 2.45) is 0 Å². The van der Waals surface area contributed by atoms with Crippen LogP contribution in [0, 0.1) is 5.82 Å². The molecule has 8 heteroatoms. The van der Waals surface area contributed by atoms with E-state index in [4.69, 9.17) is 4.74 Å². The number of benzene rings is 1. The molecule has 0 saturated carbocycles. The SMILES string of the molecule is CC[C@@H](C)NC(=O)NC(=O)CN1CCN(Cc2cc(F)ccc2OC)CC1. The van der Waals surface area contributed by atoms with E-state index in [1.165, 1.54) is 12.1 Å². The predicted molar refractivity (Wildman–Crippen MR) is 101 cm³/mol. The highest BCUT2D eigenvalue weighted by molar-refractivity contribution is 5.95. The molecule has 27 heavy (non-hydrogen) atoms. The smallest absolute Gasteiger partial charge is 0.321 e. The van der Waals surface area contributed by atoms with Crippen LogP contribution in [0.25, 0.3) is 0 Å². The zero-order chi connectivity index (χ0) is 19.8. The topological polar surface area (TPSA) is 73.9 Å². The minimum atomic E-state index is -0.453. The number of piperazine rings is 1. The van der Waals surface area contributed by atoms with Crippen LogP contribution in [0.5, 0.6) is 5.75 Å². The first-order valence-electron chi connectivity index (χ1n) is 9.28. The fraction of sp³-hybridized carbons (Fsp3) is 0.579. The Labute approximate surface area is 159 Å². The Kier molecular flexibility index (Phi) is 7.99.